The van der Waals surface area contributed by atoms with Crippen LogP contribution >= 0.6 is 0 Å². The maximum absolute atomic E-state index is 13.1. The Kier molecular flexibility index (Phi) is 5.19. The summed E-state index contributed by atoms with van der Waals surface area (Å²) in [4.78, 5) is 22.0. The number of aromatic nitrogens is 1. The first kappa shape index (κ1) is 16.3. The van der Waals surface area contributed by atoms with Crippen molar-refractivity contribution < 1.29 is 4.79 Å². The fourth-order valence-corrected chi connectivity index (χ4v) is 4.10. The van der Waals surface area contributed by atoms with Crippen LogP contribution in [0.5, 0.6) is 0 Å². The number of likely N-dealkylation sites (tertiary alicyclic amines) is 1. The first-order chi connectivity index (χ1) is 11.1. The van der Waals surface area contributed by atoms with E-state index in [0.29, 0.717) is 11.8 Å². The monoisotopic (exact) mass is 315 g/mol. The number of carbonyl (C=O) groups excluding carboxylic acids is 1. The molecule has 2 aliphatic rings. The molecule has 1 aromatic heterocycles. The number of carbonyl (C=O) groups is 1. The van der Waals surface area contributed by atoms with Crippen molar-refractivity contribution >= 4 is 11.7 Å². The number of hydrogen-bond donors (Lipinski definition) is 0. The molecule has 0 aromatic carbocycles. The summed E-state index contributed by atoms with van der Waals surface area (Å²) in [5.41, 5.74) is 0.788. The number of pyridine rings is 1. The largest absolute Gasteiger partial charge is 0.356 e. The van der Waals surface area contributed by atoms with Crippen molar-refractivity contribution in [3.63, 3.8) is 0 Å². The molecule has 2 atom stereocenters. The van der Waals surface area contributed by atoms with Crippen LogP contribution in [0.15, 0.2) is 18.3 Å². The fraction of sp³-hybridized carbons (Fsp3) is 0.684. The molecule has 0 aliphatic carbocycles. The summed E-state index contributed by atoms with van der Waals surface area (Å²) in [6.45, 7) is 8.27. The fourth-order valence-electron chi connectivity index (χ4n) is 4.10. The zero-order valence-corrected chi connectivity index (χ0v) is 14.5. The van der Waals surface area contributed by atoms with Gasteiger partial charge in [0.25, 0.3) is 5.91 Å². The predicted molar refractivity (Wildman–Crippen MR) is 93.8 cm³/mol. The van der Waals surface area contributed by atoms with Gasteiger partial charge in [0, 0.05) is 32.4 Å². The van der Waals surface area contributed by atoms with E-state index in [2.05, 4.69) is 23.7 Å². The first-order valence-corrected chi connectivity index (χ1v) is 9.14. The molecule has 4 nitrogen and oxygen atoms in total. The van der Waals surface area contributed by atoms with Crippen LogP contribution in [0.2, 0.25) is 0 Å². The molecule has 0 saturated carbocycles. The van der Waals surface area contributed by atoms with E-state index < -0.39 is 0 Å². The van der Waals surface area contributed by atoms with E-state index in [0.717, 1.165) is 37.6 Å². The lowest BCUT2D eigenvalue weighted by molar-refractivity contribution is 0.0623. The molecule has 2 aliphatic heterocycles. The molecule has 0 N–H and O–H groups in total. The lowest BCUT2D eigenvalue weighted by atomic mass is 9.91. The average molecular weight is 315 g/mol. The van der Waals surface area contributed by atoms with Gasteiger partial charge in [0.05, 0.1) is 5.56 Å². The van der Waals surface area contributed by atoms with Crippen LogP contribution in [0.3, 0.4) is 0 Å². The van der Waals surface area contributed by atoms with Gasteiger partial charge in [0.15, 0.2) is 0 Å². The van der Waals surface area contributed by atoms with Crippen LogP contribution in [-0.2, 0) is 0 Å². The summed E-state index contributed by atoms with van der Waals surface area (Å²) in [5.74, 6) is 2.23. The second-order valence-corrected chi connectivity index (χ2v) is 7.43. The molecular weight excluding hydrogens is 286 g/mol. The topological polar surface area (TPSA) is 36.4 Å². The minimum atomic E-state index is 0.163. The van der Waals surface area contributed by atoms with Gasteiger partial charge in [-0.3, -0.25) is 4.79 Å². The van der Waals surface area contributed by atoms with Gasteiger partial charge >= 0.3 is 0 Å². The van der Waals surface area contributed by atoms with Gasteiger partial charge in [-0.1, -0.05) is 26.7 Å². The summed E-state index contributed by atoms with van der Waals surface area (Å²) in [5, 5.41) is 0. The molecule has 1 amide bonds. The Morgan fingerprint density at radius 2 is 1.74 bits per heavy atom. The van der Waals surface area contributed by atoms with Crippen molar-refractivity contribution in [3.05, 3.63) is 23.9 Å². The Hall–Kier alpha value is -1.58. The number of rotatable bonds is 2. The Balaban J connectivity index is 1.82. The zero-order chi connectivity index (χ0) is 16.2. The SMILES string of the molecule is CC1CC(C)CN(C(=O)c2cccnc2N2CCCCCC2)C1. The van der Waals surface area contributed by atoms with Gasteiger partial charge in [0.1, 0.15) is 5.82 Å². The van der Waals surface area contributed by atoms with E-state index in [9.17, 15) is 4.79 Å². The second-order valence-electron chi connectivity index (χ2n) is 7.43. The molecule has 126 valence electrons. The van der Waals surface area contributed by atoms with E-state index in [1.165, 1.54) is 32.1 Å². The first-order valence-electron chi connectivity index (χ1n) is 9.14. The molecule has 0 spiro atoms. The number of piperidine rings is 1. The lowest BCUT2D eigenvalue weighted by Gasteiger charge is -2.35. The normalized spacial score (nSPS) is 26.0. The van der Waals surface area contributed by atoms with Crippen molar-refractivity contribution in [3.8, 4) is 0 Å². The van der Waals surface area contributed by atoms with Crippen LogP contribution in [-0.4, -0.2) is 42.0 Å². The predicted octanol–water partition coefficient (Wildman–Crippen LogP) is 3.58. The van der Waals surface area contributed by atoms with Crippen LogP contribution in [0.25, 0.3) is 0 Å². The van der Waals surface area contributed by atoms with E-state index in [1.54, 1.807) is 0 Å². The summed E-state index contributed by atoms with van der Waals surface area (Å²) < 4.78 is 0. The van der Waals surface area contributed by atoms with Gasteiger partial charge in [-0.15, -0.1) is 0 Å². The van der Waals surface area contributed by atoms with E-state index in [1.807, 2.05) is 23.2 Å². The summed E-state index contributed by atoms with van der Waals surface area (Å²) >= 11 is 0. The molecule has 3 heterocycles. The number of nitrogens with zero attached hydrogens (tertiary/aromatic N) is 3. The molecule has 3 rings (SSSR count). The minimum absolute atomic E-state index is 0.163. The average Bonchev–Trinajstić information content (AvgIpc) is 2.82. The number of anilines is 1. The zero-order valence-electron chi connectivity index (χ0n) is 14.5. The Morgan fingerprint density at radius 3 is 2.39 bits per heavy atom. The third-order valence-electron chi connectivity index (χ3n) is 5.08. The molecular formula is C19H29N3O. The molecule has 2 saturated heterocycles. The van der Waals surface area contributed by atoms with Gasteiger partial charge < -0.3 is 9.80 Å². The summed E-state index contributed by atoms with van der Waals surface area (Å²) in [7, 11) is 0. The Labute approximate surface area is 139 Å². The third-order valence-corrected chi connectivity index (χ3v) is 5.08. The maximum Gasteiger partial charge on any atom is 0.257 e. The van der Waals surface area contributed by atoms with Gasteiger partial charge in [-0.25, -0.2) is 4.98 Å². The quantitative estimate of drug-likeness (QED) is 0.837. The molecule has 2 unspecified atom stereocenters. The van der Waals surface area contributed by atoms with Crippen LogP contribution in [0.1, 0.15) is 56.3 Å². The molecule has 0 radical (unpaired) electrons. The smallest absolute Gasteiger partial charge is 0.257 e. The van der Waals surface area contributed by atoms with Gasteiger partial charge in [-0.05, 0) is 43.2 Å². The van der Waals surface area contributed by atoms with E-state index in [-0.39, 0.29) is 5.91 Å². The minimum Gasteiger partial charge on any atom is -0.356 e. The van der Waals surface area contributed by atoms with Crippen molar-refractivity contribution in [2.45, 2.75) is 46.0 Å². The number of amides is 1. The Morgan fingerprint density at radius 1 is 1.09 bits per heavy atom. The highest BCUT2D eigenvalue weighted by atomic mass is 16.2. The van der Waals surface area contributed by atoms with Crippen molar-refractivity contribution in [1.82, 2.24) is 9.88 Å². The van der Waals surface area contributed by atoms with Crippen LogP contribution in [0.4, 0.5) is 5.82 Å². The highest BCUT2D eigenvalue weighted by molar-refractivity contribution is 5.99. The summed E-state index contributed by atoms with van der Waals surface area (Å²) in [6, 6.07) is 3.85. The van der Waals surface area contributed by atoms with Crippen molar-refractivity contribution in [1.29, 1.82) is 0 Å². The second kappa shape index (κ2) is 7.33. The van der Waals surface area contributed by atoms with Crippen LogP contribution in [0, 0.1) is 11.8 Å². The Bertz CT molecular complexity index is 527. The molecule has 4 heteroatoms. The molecule has 2 fully saturated rings. The van der Waals surface area contributed by atoms with E-state index >= 15 is 0 Å². The summed E-state index contributed by atoms with van der Waals surface area (Å²) in [6.07, 6.45) is 8.00. The van der Waals surface area contributed by atoms with Crippen molar-refractivity contribution in [2.24, 2.45) is 11.8 Å². The highest BCUT2D eigenvalue weighted by Crippen LogP contribution is 2.26. The van der Waals surface area contributed by atoms with Crippen LogP contribution < -0.4 is 4.90 Å². The third kappa shape index (κ3) is 3.85. The molecule has 0 bridgehead atoms. The van der Waals surface area contributed by atoms with Gasteiger partial charge in [-0.2, -0.15) is 0 Å². The molecule has 23 heavy (non-hydrogen) atoms. The van der Waals surface area contributed by atoms with Crippen molar-refractivity contribution in [2.75, 3.05) is 31.1 Å². The molecule has 1 aromatic rings. The standard InChI is InChI=1S/C19H29N3O/c1-15-12-16(2)14-22(13-15)19(23)17-8-7-9-20-18(17)21-10-5-3-4-6-11-21/h7-9,15-16H,3-6,10-14H2,1-2H3. The van der Waals surface area contributed by atoms with E-state index in [4.69, 9.17) is 0 Å². The van der Waals surface area contributed by atoms with Gasteiger partial charge in [0.2, 0.25) is 0 Å². The number of hydrogen-bond acceptors (Lipinski definition) is 3. The highest BCUT2D eigenvalue weighted by Gasteiger charge is 2.28. The maximum atomic E-state index is 13.1. The lowest BCUT2D eigenvalue weighted by Crippen LogP contribution is -2.43.